The van der Waals surface area contributed by atoms with Gasteiger partial charge < -0.3 is 15.1 Å². The van der Waals surface area contributed by atoms with E-state index in [0.29, 0.717) is 0 Å². The zero-order valence-electron chi connectivity index (χ0n) is 12.1. The molecule has 2 heterocycles. The van der Waals surface area contributed by atoms with E-state index >= 15 is 0 Å². The third kappa shape index (κ3) is 3.30. The molecule has 0 unspecified atom stereocenters. The number of thioether (sulfide) groups is 1. The van der Waals surface area contributed by atoms with Crippen LogP contribution in [-0.2, 0) is 0 Å². The lowest BCUT2D eigenvalue weighted by Gasteiger charge is -2.32. The fourth-order valence-electron chi connectivity index (χ4n) is 2.28. The molecule has 0 bridgehead atoms. The van der Waals surface area contributed by atoms with Crippen molar-refractivity contribution < 1.29 is 4.79 Å². The second-order valence-electron chi connectivity index (χ2n) is 5.09. The summed E-state index contributed by atoms with van der Waals surface area (Å²) in [6, 6.07) is 5.86. The summed E-state index contributed by atoms with van der Waals surface area (Å²) in [5.41, 5.74) is 1.82. The van der Waals surface area contributed by atoms with Gasteiger partial charge in [0.2, 0.25) is 0 Å². The van der Waals surface area contributed by atoms with Crippen molar-refractivity contribution in [2.75, 3.05) is 44.8 Å². The van der Waals surface area contributed by atoms with E-state index in [1.165, 1.54) is 0 Å². The second-order valence-corrected chi connectivity index (χ2v) is 7.17. The number of carbonyl (C=O) groups is 1. The zero-order valence-corrected chi connectivity index (χ0v) is 13.8. The Labute approximate surface area is 132 Å². The average Bonchev–Trinajstić information content (AvgIpc) is 2.90. The molecule has 1 aliphatic rings. The van der Waals surface area contributed by atoms with Crippen LogP contribution in [0.2, 0.25) is 0 Å². The number of piperazine rings is 1. The number of likely N-dealkylation sites (N-methyl/N-ethyl adjacent to an activating group) is 1. The number of fused-ring (bicyclic) bond motifs is 1. The SMILES string of the molecule is CSc1nc2ccc(NC(=O)N3CCN(C)CC3)cc2s1. The van der Waals surface area contributed by atoms with Crippen LogP contribution in [0, 0.1) is 0 Å². The van der Waals surface area contributed by atoms with E-state index in [0.717, 1.165) is 46.4 Å². The van der Waals surface area contributed by atoms with Crippen molar-refractivity contribution in [1.29, 1.82) is 0 Å². The fourth-order valence-corrected chi connectivity index (χ4v) is 3.81. The van der Waals surface area contributed by atoms with Gasteiger partial charge in [-0.2, -0.15) is 0 Å². The lowest BCUT2D eigenvalue weighted by atomic mass is 10.3. The van der Waals surface area contributed by atoms with Crippen LogP contribution in [0.3, 0.4) is 0 Å². The number of carbonyl (C=O) groups excluding carboxylic acids is 1. The lowest BCUT2D eigenvalue weighted by Crippen LogP contribution is -2.48. The Morgan fingerprint density at radius 1 is 1.33 bits per heavy atom. The first kappa shape index (κ1) is 14.6. The predicted octanol–water partition coefficient (Wildman–Crippen LogP) is 2.80. The van der Waals surface area contributed by atoms with Gasteiger partial charge >= 0.3 is 6.03 Å². The molecule has 112 valence electrons. The molecule has 0 aliphatic carbocycles. The number of rotatable bonds is 2. The van der Waals surface area contributed by atoms with Crippen molar-refractivity contribution in [3.63, 3.8) is 0 Å². The maximum absolute atomic E-state index is 12.3. The summed E-state index contributed by atoms with van der Waals surface area (Å²) < 4.78 is 2.16. The summed E-state index contributed by atoms with van der Waals surface area (Å²) >= 11 is 3.30. The van der Waals surface area contributed by atoms with E-state index in [4.69, 9.17) is 0 Å². The first-order valence-electron chi connectivity index (χ1n) is 6.85. The summed E-state index contributed by atoms with van der Waals surface area (Å²) in [6.45, 7) is 3.42. The van der Waals surface area contributed by atoms with Gasteiger partial charge in [0.15, 0.2) is 4.34 Å². The normalized spacial score (nSPS) is 16.4. The molecule has 5 nitrogen and oxygen atoms in total. The average molecular weight is 322 g/mol. The van der Waals surface area contributed by atoms with Crippen LogP contribution < -0.4 is 5.32 Å². The molecular weight excluding hydrogens is 304 g/mol. The van der Waals surface area contributed by atoms with Crippen LogP contribution in [0.5, 0.6) is 0 Å². The molecule has 2 amide bonds. The highest BCUT2D eigenvalue weighted by Gasteiger charge is 2.19. The van der Waals surface area contributed by atoms with E-state index in [1.54, 1.807) is 23.1 Å². The second kappa shape index (κ2) is 6.21. The largest absolute Gasteiger partial charge is 0.322 e. The number of nitrogens with one attached hydrogen (secondary N) is 1. The Hall–Kier alpha value is -1.31. The molecule has 1 aromatic carbocycles. The molecule has 1 aliphatic heterocycles. The minimum atomic E-state index is -0.0166. The molecule has 0 spiro atoms. The summed E-state index contributed by atoms with van der Waals surface area (Å²) in [6.07, 6.45) is 2.02. The molecule has 21 heavy (non-hydrogen) atoms. The van der Waals surface area contributed by atoms with E-state index < -0.39 is 0 Å². The van der Waals surface area contributed by atoms with Crippen molar-refractivity contribution in [2.24, 2.45) is 0 Å². The van der Waals surface area contributed by atoms with Crippen molar-refractivity contribution in [3.8, 4) is 0 Å². The Kier molecular flexibility index (Phi) is 4.32. The van der Waals surface area contributed by atoms with Gasteiger partial charge in [0.25, 0.3) is 0 Å². The minimum Gasteiger partial charge on any atom is -0.322 e. The van der Waals surface area contributed by atoms with Crippen molar-refractivity contribution in [1.82, 2.24) is 14.8 Å². The first-order valence-corrected chi connectivity index (χ1v) is 8.89. The number of aromatic nitrogens is 1. The minimum absolute atomic E-state index is 0.0166. The van der Waals surface area contributed by atoms with Gasteiger partial charge in [0.1, 0.15) is 0 Å². The smallest absolute Gasteiger partial charge is 0.321 e. The lowest BCUT2D eigenvalue weighted by molar-refractivity contribution is 0.164. The molecule has 0 atom stereocenters. The third-order valence-corrected chi connectivity index (χ3v) is 5.59. The number of hydrogen-bond donors (Lipinski definition) is 1. The molecule has 0 saturated carbocycles. The van der Waals surface area contributed by atoms with Gasteiger partial charge in [-0.25, -0.2) is 9.78 Å². The van der Waals surface area contributed by atoms with Crippen LogP contribution in [0.25, 0.3) is 10.2 Å². The van der Waals surface area contributed by atoms with Crippen LogP contribution >= 0.6 is 23.1 Å². The Bertz CT molecular complexity index is 649. The molecule has 7 heteroatoms. The van der Waals surface area contributed by atoms with Gasteiger partial charge in [0.05, 0.1) is 10.2 Å². The van der Waals surface area contributed by atoms with E-state index in [-0.39, 0.29) is 6.03 Å². The number of hydrogen-bond acceptors (Lipinski definition) is 5. The monoisotopic (exact) mass is 322 g/mol. The maximum Gasteiger partial charge on any atom is 0.321 e. The molecule has 0 radical (unpaired) electrons. The Balaban J connectivity index is 1.70. The van der Waals surface area contributed by atoms with E-state index in [2.05, 4.69) is 22.2 Å². The summed E-state index contributed by atoms with van der Waals surface area (Å²) in [7, 11) is 2.08. The highest BCUT2D eigenvalue weighted by molar-refractivity contribution is 8.00. The molecule has 3 rings (SSSR count). The third-order valence-electron chi connectivity index (χ3n) is 3.59. The summed E-state index contributed by atoms with van der Waals surface area (Å²) in [5.74, 6) is 0. The molecule has 1 fully saturated rings. The Morgan fingerprint density at radius 3 is 2.81 bits per heavy atom. The van der Waals surface area contributed by atoms with Crippen LogP contribution in [0.1, 0.15) is 0 Å². The number of benzene rings is 1. The standard InChI is InChI=1S/C14H18N4OS2/c1-17-5-7-18(8-6-17)13(19)15-10-3-4-11-12(9-10)21-14(16-11)20-2/h3-4,9H,5-8H2,1-2H3,(H,15,19). The quantitative estimate of drug-likeness (QED) is 0.864. The molecule has 1 aromatic heterocycles. The topological polar surface area (TPSA) is 48.5 Å². The Morgan fingerprint density at radius 2 is 2.10 bits per heavy atom. The summed E-state index contributed by atoms with van der Waals surface area (Å²) in [5, 5.41) is 2.99. The van der Waals surface area contributed by atoms with Gasteiger partial charge in [-0.3, -0.25) is 0 Å². The van der Waals surface area contributed by atoms with Gasteiger partial charge in [-0.1, -0.05) is 11.8 Å². The zero-order chi connectivity index (χ0) is 14.8. The first-order chi connectivity index (χ1) is 10.2. The highest BCUT2D eigenvalue weighted by Crippen LogP contribution is 2.30. The number of thiazole rings is 1. The van der Waals surface area contributed by atoms with Crippen LogP contribution in [0.4, 0.5) is 10.5 Å². The van der Waals surface area contributed by atoms with Crippen molar-refractivity contribution in [3.05, 3.63) is 18.2 Å². The van der Waals surface area contributed by atoms with Crippen molar-refractivity contribution >= 4 is 45.0 Å². The van der Waals surface area contributed by atoms with E-state index in [9.17, 15) is 4.79 Å². The van der Waals surface area contributed by atoms with Crippen molar-refractivity contribution in [2.45, 2.75) is 4.34 Å². The molecular formula is C14H18N4OS2. The highest BCUT2D eigenvalue weighted by atomic mass is 32.2. The number of amides is 2. The van der Waals surface area contributed by atoms with Crippen LogP contribution in [0.15, 0.2) is 22.5 Å². The molecule has 1 N–H and O–H groups in total. The van der Waals surface area contributed by atoms with E-state index in [1.807, 2.05) is 29.4 Å². The number of nitrogens with zero attached hydrogens (tertiary/aromatic N) is 3. The fraction of sp³-hybridized carbons (Fsp3) is 0.429. The number of anilines is 1. The van der Waals surface area contributed by atoms with Gasteiger partial charge in [-0.05, 0) is 31.5 Å². The molecule has 2 aromatic rings. The van der Waals surface area contributed by atoms with Gasteiger partial charge in [0, 0.05) is 31.9 Å². The maximum atomic E-state index is 12.3. The summed E-state index contributed by atoms with van der Waals surface area (Å²) in [4.78, 5) is 20.9. The van der Waals surface area contributed by atoms with Crippen LogP contribution in [-0.4, -0.2) is 60.3 Å². The molecule has 1 saturated heterocycles. The predicted molar refractivity (Wildman–Crippen MR) is 89.5 cm³/mol. The number of urea groups is 1. The van der Waals surface area contributed by atoms with Gasteiger partial charge in [-0.15, -0.1) is 11.3 Å².